The van der Waals surface area contributed by atoms with Crippen molar-refractivity contribution in [3.05, 3.63) is 48.3 Å². The van der Waals surface area contributed by atoms with Gasteiger partial charge in [0.1, 0.15) is 5.82 Å². The second-order valence-electron chi connectivity index (χ2n) is 6.94. The molecular formula is C20H19FN4O3. The minimum atomic E-state index is -0.889. The molecule has 0 bridgehead atoms. The van der Waals surface area contributed by atoms with E-state index in [0.717, 1.165) is 16.5 Å². The Morgan fingerprint density at radius 3 is 2.79 bits per heavy atom. The van der Waals surface area contributed by atoms with Crippen LogP contribution in [0.2, 0.25) is 0 Å². The summed E-state index contributed by atoms with van der Waals surface area (Å²) in [5.41, 5.74) is 2.90. The van der Waals surface area contributed by atoms with E-state index >= 15 is 0 Å². The number of aliphatic carboxylic acids is 1. The molecule has 28 heavy (non-hydrogen) atoms. The number of nitrogens with zero attached hydrogens (tertiary/aromatic N) is 2. The van der Waals surface area contributed by atoms with Crippen LogP contribution in [0.5, 0.6) is 0 Å². The molecule has 3 aromatic rings. The lowest BCUT2D eigenvalue weighted by molar-refractivity contribution is -0.138. The Bertz CT molecular complexity index is 1030. The number of anilines is 1. The predicted molar refractivity (Wildman–Crippen MR) is 102 cm³/mol. The highest BCUT2D eigenvalue weighted by Gasteiger charge is 2.29. The van der Waals surface area contributed by atoms with Crippen molar-refractivity contribution in [2.45, 2.75) is 6.42 Å². The molecule has 7 nitrogen and oxygen atoms in total. The second kappa shape index (κ2) is 7.40. The zero-order valence-corrected chi connectivity index (χ0v) is 15.0. The molecule has 0 aliphatic carbocycles. The summed E-state index contributed by atoms with van der Waals surface area (Å²) in [4.78, 5) is 25.1. The third-order valence-electron chi connectivity index (χ3n) is 4.95. The van der Waals surface area contributed by atoms with Gasteiger partial charge in [0, 0.05) is 23.2 Å². The monoisotopic (exact) mass is 382 g/mol. The fraction of sp³-hybridized carbons (Fsp3) is 0.250. The largest absolute Gasteiger partial charge is 0.480 e. The Hall–Kier alpha value is -3.26. The van der Waals surface area contributed by atoms with E-state index in [1.165, 1.54) is 12.1 Å². The first kappa shape index (κ1) is 18.1. The minimum absolute atomic E-state index is 0.0498. The van der Waals surface area contributed by atoms with E-state index in [0.29, 0.717) is 30.9 Å². The van der Waals surface area contributed by atoms with Gasteiger partial charge in [0.05, 0.1) is 23.7 Å². The number of carbonyl (C=O) groups is 2. The van der Waals surface area contributed by atoms with Crippen LogP contribution in [0.1, 0.15) is 6.42 Å². The van der Waals surface area contributed by atoms with Gasteiger partial charge >= 0.3 is 5.97 Å². The van der Waals surface area contributed by atoms with Crippen molar-refractivity contribution in [3.63, 3.8) is 0 Å². The highest BCUT2D eigenvalue weighted by atomic mass is 19.1. The third kappa shape index (κ3) is 3.72. The van der Waals surface area contributed by atoms with E-state index in [1.807, 2.05) is 12.1 Å². The van der Waals surface area contributed by atoms with E-state index in [2.05, 4.69) is 15.5 Å². The van der Waals surface area contributed by atoms with Crippen LogP contribution < -0.4 is 5.32 Å². The van der Waals surface area contributed by atoms with Crippen molar-refractivity contribution in [1.29, 1.82) is 0 Å². The molecule has 1 aliphatic heterocycles. The number of aromatic nitrogens is 2. The predicted octanol–water partition coefficient (Wildman–Crippen LogP) is 2.71. The molecule has 0 saturated carbocycles. The lowest BCUT2D eigenvalue weighted by Gasteiger charge is -2.13. The Labute approximate surface area is 160 Å². The quantitative estimate of drug-likeness (QED) is 0.630. The third-order valence-corrected chi connectivity index (χ3v) is 4.95. The molecule has 0 unspecified atom stereocenters. The van der Waals surface area contributed by atoms with Gasteiger partial charge in [0.15, 0.2) is 0 Å². The summed E-state index contributed by atoms with van der Waals surface area (Å²) in [6, 6.07) is 11.5. The van der Waals surface area contributed by atoms with Crippen LogP contribution in [0.3, 0.4) is 0 Å². The number of carboxylic acids is 1. The number of likely N-dealkylation sites (tertiary alicyclic amines) is 1. The van der Waals surface area contributed by atoms with Crippen LogP contribution in [0.15, 0.2) is 42.5 Å². The molecule has 2 aromatic carbocycles. The summed E-state index contributed by atoms with van der Waals surface area (Å²) in [6.45, 7) is 0.985. The Morgan fingerprint density at radius 1 is 1.25 bits per heavy atom. The molecular weight excluding hydrogens is 363 g/mol. The van der Waals surface area contributed by atoms with Crippen molar-refractivity contribution in [3.8, 4) is 11.3 Å². The summed E-state index contributed by atoms with van der Waals surface area (Å²) in [5.74, 6) is -1.57. The number of H-pyrrole nitrogens is 1. The molecule has 0 radical (unpaired) electrons. The number of fused-ring (bicyclic) bond motifs is 1. The fourth-order valence-corrected chi connectivity index (χ4v) is 3.55. The van der Waals surface area contributed by atoms with Crippen LogP contribution in [0, 0.1) is 11.7 Å². The lowest BCUT2D eigenvalue weighted by Crippen LogP contribution is -2.30. The van der Waals surface area contributed by atoms with Crippen LogP contribution in [0.4, 0.5) is 10.1 Å². The van der Waals surface area contributed by atoms with Gasteiger partial charge in [0.2, 0.25) is 5.91 Å². The number of hydrogen-bond donors (Lipinski definition) is 3. The van der Waals surface area contributed by atoms with E-state index in [4.69, 9.17) is 5.11 Å². The summed E-state index contributed by atoms with van der Waals surface area (Å²) in [7, 11) is 0. The molecule has 2 heterocycles. The van der Waals surface area contributed by atoms with E-state index in [9.17, 15) is 14.0 Å². The van der Waals surface area contributed by atoms with E-state index in [-0.39, 0.29) is 24.2 Å². The maximum Gasteiger partial charge on any atom is 0.317 e. The summed E-state index contributed by atoms with van der Waals surface area (Å²) >= 11 is 0. The fourth-order valence-electron chi connectivity index (χ4n) is 3.55. The molecule has 144 valence electrons. The zero-order valence-electron chi connectivity index (χ0n) is 15.0. The molecule has 1 saturated heterocycles. The minimum Gasteiger partial charge on any atom is -0.480 e. The molecule has 1 atom stereocenters. The van der Waals surface area contributed by atoms with Gasteiger partial charge in [-0.05, 0) is 55.4 Å². The number of halogens is 1. The Balaban J connectivity index is 1.52. The number of benzene rings is 2. The summed E-state index contributed by atoms with van der Waals surface area (Å²) in [6.07, 6.45) is 0.633. The number of aromatic amines is 1. The first-order chi connectivity index (χ1) is 13.5. The van der Waals surface area contributed by atoms with Crippen molar-refractivity contribution in [2.75, 3.05) is 25.0 Å². The molecule has 1 aromatic heterocycles. The molecule has 1 aliphatic rings. The average molecular weight is 382 g/mol. The van der Waals surface area contributed by atoms with Crippen molar-refractivity contribution < 1.29 is 19.1 Å². The Kier molecular flexibility index (Phi) is 4.79. The lowest BCUT2D eigenvalue weighted by atomic mass is 10.1. The van der Waals surface area contributed by atoms with Crippen LogP contribution >= 0.6 is 0 Å². The summed E-state index contributed by atoms with van der Waals surface area (Å²) in [5, 5.41) is 19.9. The van der Waals surface area contributed by atoms with Gasteiger partial charge in [-0.25, -0.2) is 4.39 Å². The molecule has 4 rings (SSSR count). The molecule has 3 N–H and O–H groups in total. The van der Waals surface area contributed by atoms with Crippen LogP contribution in [-0.2, 0) is 9.59 Å². The number of hydrogen-bond acceptors (Lipinski definition) is 4. The van der Waals surface area contributed by atoms with Gasteiger partial charge in [-0.3, -0.25) is 19.6 Å². The van der Waals surface area contributed by atoms with Gasteiger partial charge in [-0.1, -0.05) is 0 Å². The standard InChI is InChI=1S/C20H19FN4O3/c21-14-3-1-12(2-4-14)19-16-9-15(5-6-17(16)23-24-19)22-20(28)13-7-8-25(10-13)11-18(26)27/h1-6,9,13H,7-8,10-11H2,(H,22,28)(H,23,24)(H,26,27)/t13-/m1/s1. The van der Waals surface area contributed by atoms with Gasteiger partial charge < -0.3 is 10.4 Å². The number of carboxylic acid groups (broad SMARTS) is 1. The second-order valence-corrected chi connectivity index (χ2v) is 6.94. The van der Waals surface area contributed by atoms with Gasteiger partial charge in [0.25, 0.3) is 0 Å². The smallest absolute Gasteiger partial charge is 0.317 e. The van der Waals surface area contributed by atoms with Gasteiger partial charge in [-0.15, -0.1) is 0 Å². The SMILES string of the molecule is O=C(O)CN1CC[C@@H](C(=O)Nc2ccc3[nH]nc(-c4ccc(F)cc4)c3c2)C1. The molecule has 1 fully saturated rings. The number of amides is 1. The summed E-state index contributed by atoms with van der Waals surface area (Å²) < 4.78 is 13.2. The van der Waals surface area contributed by atoms with Crippen molar-refractivity contribution in [2.24, 2.45) is 5.92 Å². The van der Waals surface area contributed by atoms with Crippen LogP contribution in [0.25, 0.3) is 22.2 Å². The topological polar surface area (TPSA) is 98.3 Å². The number of rotatable bonds is 5. The zero-order chi connectivity index (χ0) is 19.7. The molecule has 1 amide bonds. The van der Waals surface area contributed by atoms with Crippen molar-refractivity contribution in [1.82, 2.24) is 15.1 Å². The highest BCUT2D eigenvalue weighted by molar-refractivity contribution is 5.99. The Morgan fingerprint density at radius 2 is 2.04 bits per heavy atom. The van der Waals surface area contributed by atoms with E-state index in [1.54, 1.807) is 23.1 Å². The van der Waals surface area contributed by atoms with Gasteiger partial charge in [-0.2, -0.15) is 5.10 Å². The highest BCUT2D eigenvalue weighted by Crippen LogP contribution is 2.29. The first-order valence-corrected chi connectivity index (χ1v) is 8.98. The number of carbonyl (C=O) groups excluding carboxylic acids is 1. The molecule has 8 heteroatoms. The van der Waals surface area contributed by atoms with Crippen molar-refractivity contribution >= 4 is 28.5 Å². The first-order valence-electron chi connectivity index (χ1n) is 8.98. The molecule has 0 spiro atoms. The number of nitrogens with one attached hydrogen (secondary N) is 2. The maximum absolute atomic E-state index is 13.2. The van der Waals surface area contributed by atoms with E-state index < -0.39 is 5.97 Å². The average Bonchev–Trinajstić information content (AvgIpc) is 3.29. The normalized spacial score (nSPS) is 17.1. The maximum atomic E-state index is 13.2. The van der Waals surface area contributed by atoms with Crippen LogP contribution in [-0.4, -0.2) is 51.7 Å².